The van der Waals surface area contributed by atoms with Gasteiger partial charge in [0, 0.05) is 16.8 Å². The van der Waals surface area contributed by atoms with E-state index in [-0.39, 0.29) is 23.5 Å². The molecular formula is C26H18F8N2O2. The zero-order chi connectivity index (χ0) is 28.2. The molecule has 0 fully saturated rings. The van der Waals surface area contributed by atoms with Gasteiger partial charge in [-0.2, -0.15) is 26.3 Å². The molecule has 3 aromatic rings. The highest BCUT2D eigenvalue weighted by atomic mass is 19.4. The van der Waals surface area contributed by atoms with Crippen molar-refractivity contribution in [3.8, 4) is 0 Å². The Balaban J connectivity index is 1.66. The number of hydrogen-bond donors (Lipinski definition) is 1. The average molecular weight is 542 g/mol. The SMILES string of the molecule is Cc1cc(C(F)(C(F)(F)F)C(F)(F)F)c(C)cc1NC(=O)c1cccc(N2Cc3ccccc3C2=O)c1F. The number of rotatable bonds is 4. The van der Waals surface area contributed by atoms with Crippen molar-refractivity contribution in [2.45, 2.75) is 38.4 Å². The van der Waals surface area contributed by atoms with Gasteiger partial charge in [0.25, 0.3) is 11.8 Å². The number of hydrogen-bond acceptors (Lipinski definition) is 2. The maximum Gasteiger partial charge on any atom is 0.435 e. The molecule has 4 rings (SSSR count). The summed E-state index contributed by atoms with van der Waals surface area (Å²) in [5, 5.41) is 2.24. The number of aryl methyl sites for hydroxylation is 2. The first-order chi connectivity index (χ1) is 17.6. The number of benzene rings is 3. The van der Waals surface area contributed by atoms with Crippen molar-refractivity contribution in [1.82, 2.24) is 0 Å². The molecule has 200 valence electrons. The van der Waals surface area contributed by atoms with Gasteiger partial charge in [-0.3, -0.25) is 9.59 Å². The molecular weight excluding hydrogens is 524 g/mol. The molecule has 0 spiro atoms. The lowest BCUT2D eigenvalue weighted by Gasteiger charge is -2.32. The van der Waals surface area contributed by atoms with E-state index in [2.05, 4.69) is 5.32 Å². The molecule has 1 aliphatic rings. The Morgan fingerprint density at radius 2 is 1.50 bits per heavy atom. The fourth-order valence-electron chi connectivity index (χ4n) is 4.33. The third-order valence-corrected chi connectivity index (χ3v) is 6.31. The Hall–Kier alpha value is -3.96. The molecule has 0 radical (unpaired) electrons. The first-order valence-electron chi connectivity index (χ1n) is 11.0. The van der Waals surface area contributed by atoms with Crippen LogP contribution in [-0.4, -0.2) is 24.2 Å². The van der Waals surface area contributed by atoms with Crippen molar-refractivity contribution in [1.29, 1.82) is 0 Å². The third kappa shape index (κ3) is 4.27. The van der Waals surface area contributed by atoms with Crippen molar-refractivity contribution in [3.05, 3.63) is 93.8 Å². The van der Waals surface area contributed by atoms with Gasteiger partial charge in [-0.25, -0.2) is 8.78 Å². The van der Waals surface area contributed by atoms with Crippen LogP contribution in [0.25, 0.3) is 0 Å². The van der Waals surface area contributed by atoms with Gasteiger partial charge in [0.2, 0.25) is 0 Å². The van der Waals surface area contributed by atoms with Gasteiger partial charge in [0.05, 0.1) is 17.8 Å². The molecule has 0 saturated carbocycles. The summed E-state index contributed by atoms with van der Waals surface area (Å²) in [6, 6.07) is 11.4. The summed E-state index contributed by atoms with van der Waals surface area (Å²) in [7, 11) is 0. The molecule has 2 amide bonds. The minimum absolute atomic E-state index is 0.0557. The number of amides is 2. The number of alkyl halides is 7. The van der Waals surface area contributed by atoms with Crippen LogP contribution in [0.4, 0.5) is 46.5 Å². The van der Waals surface area contributed by atoms with Crippen LogP contribution in [-0.2, 0) is 12.2 Å². The number of fused-ring (bicyclic) bond motifs is 1. The van der Waals surface area contributed by atoms with Crippen LogP contribution in [0.5, 0.6) is 0 Å². The Morgan fingerprint density at radius 3 is 2.11 bits per heavy atom. The van der Waals surface area contributed by atoms with Crippen LogP contribution in [0.2, 0.25) is 0 Å². The van der Waals surface area contributed by atoms with E-state index < -0.39 is 52.3 Å². The van der Waals surface area contributed by atoms with Crippen molar-refractivity contribution >= 4 is 23.2 Å². The first kappa shape index (κ1) is 27.1. The maximum atomic E-state index is 15.4. The summed E-state index contributed by atoms with van der Waals surface area (Å²) in [4.78, 5) is 26.7. The van der Waals surface area contributed by atoms with E-state index >= 15 is 4.39 Å². The lowest BCUT2D eigenvalue weighted by atomic mass is 9.88. The van der Waals surface area contributed by atoms with E-state index in [1.54, 1.807) is 24.3 Å². The van der Waals surface area contributed by atoms with Gasteiger partial charge < -0.3 is 10.2 Å². The second-order valence-electron chi connectivity index (χ2n) is 8.78. The standard InChI is InChI=1S/C26H18F8N2O2/c1-13-11-19(14(2)10-18(13)24(28,25(29,30)31)26(32,33)34)35-22(37)17-8-5-9-20(21(17)27)36-12-15-6-3-4-7-16(15)23(36)38/h3-11H,12H2,1-2H3,(H,35,37). The topological polar surface area (TPSA) is 49.4 Å². The molecule has 0 aliphatic carbocycles. The molecule has 1 N–H and O–H groups in total. The highest BCUT2D eigenvalue weighted by Crippen LogP contribution is 2.54. The van der Waals surface area contributed by atoms with E-state index in [1.807, 2.05) is 0 Å². The molecule has 3 aromatic carbocycles. The molecule has 0 aromatic heterocycles. The number of nitrogens with zero attached hydrogens (tertiary/aromatic N) is 1. The van der Waals surface area contributed by atoms with Crippen LogP contribution >= 0.6 is 0 Å². The average Bonchev–Trinajstić information content (AvgIpc) is 3.15. The van der Waals surface area contributed by atoms with Gasteiger partial charge in [-0.1, -0.05) is 24.3 Å². The Kier molecular flexibility index (Phi) is 6.49. The van der Waals surface area contributed by atoms with Gasteiger partial charge in [-0.05, 0) is 60.9 Å². The summed E-state index contributed by atoms with van der Waals surface area (Å²) in [6.07, 6.45) is -12.6. The van der Waals surface area contributed by atoms with Crippen molar-refractivity contribution in [2.75, 3.05) is 10.2 Å². The quantitative estimate of drug-likeness (QED) is 0.356. The van der Waals surface area contributed by atoms with Crippen LogP contribution in [0, 0.1) is 19.7 Å². The molecule has 4 nitrogen and oxygen atoms in total. The van der Waals surface area contributed by atoms with Crippen LogP contribution < -0.4 is 10.2 Å². The smallest absolute Gasteiger partial charge is 0.322 e. The monoisotopic (exact) mass is 542 g/mol. The number of carbonyl (C=O) groups is 2. The highest BCUT2D eigenvalue weighted by molar-refractivity contribution is 6.11. The molecule has 1 aliphatic heterocycles. The van der Waals surface area contributed by atoms with Crippen LogP contribution in [0.15, 0.2) is 54.6 Å². The second-order valence-corrected chi connectivity index (χ2v) is 8.78. The molecule has 0 atom stereocenters. The van der Waals surface area contributed by atoms with Gasteiger partial charge >= 0.3 is 18.0 Å². The second kappa shape index (κ2) is 9.10. The summed E-state index contributed by atoms with van der Waals surface area (Å²) in [5.41, 5.74) is -8.33. The lowest BCUT2D eigenvalue weighted by molar-refractivity contribution is -0.348. The van der Waals surface area contributed by atoms with E-state index in [0.29, 0.717) is 17.2 Å². The Labute approximate surface area is 210 Å². The fraction of sp³-hybridized carbons (Fsp3) is 0.231. The summed E-state index contributed by atoms with van der Waals surface area (Å²) < 4.78 is 109. The fourth-order valence-corrected chi connectivity index (χ4v) is 4.33. The predicted molar refractivity (Wildman–Crippen MR) is 122 cm³/mol. The molecule has 0 bridgehead atoms. The van der Waals surface area contributed by atoms with Crippen LogP contribution in [0.1, 0.15) is 43.0 Å². The van der Waals surface area contributed by atoms with E-state index in [9.17, 15) is 40.3 Å². The molecule has 38 heavy (non-hydrogen) atoms. The van der Waals surface area contributed by atoms with Gasteiger partial charge in [0.1, 0.15) is 0 Å². The van der Waals surface area contributed by atoms with Gasteiger partial charge in [0.15, 0.2) is 5.82 Å². The molecule has 0 saturated heterocycles. The zero-order valence-corrected chi connectivity index (χ0v) is 19.7. The maximum absolute atomic E-state index is 15.4. The first-order valence-corrected chi connectivity index (χ1v) is 11.0. The largest absolute Gasteiger partial charge is 0.435 e. The lowest BCUT2D eigenvalue weighted by Crippen LogP contribution is -2.50. The minimum atomic E-state index is -6.30. The van der Waals surface area contributed by atoms with E-state index in [4.69, 9.17) is 0 Å². The number of carbonyl (C=O) groups excluding carboxylic acids is 2. The Morgan fingerprint density at radius 1 is 0.868 bits per heavy atom. The third-order valence-electron chi connectivity index (χ3n) is 6.31. The van der Waals surface area contributed by atoms with Crippen molar-refractivity contribution < 1.29 is 44.7 Å². The Bertz CT molecular complexity index is 1430. The summed E-state index contributed by atoms with van der Waals surface area (Å²) >= 11 is 0. The molecule has 12 heteroatoms. The minimum Gasteiger partial charge on any atom is -0.322 e. The zero-order valence-electron chi connectivity index (χ0n) is 19.7. The number of halogens is 8. The highest BCUT2D eigenvalue weighted by Gasteiger charge is 2.73. The summed E-state index contributed by atoms with van der Waals surface area (Å²) in [5.74, 6) is -2.63. The summed E-state index contributed by atoms with van der Waals surface area (Å²) in [6.45, 7) is 1.95. The van der Waals surface area contributed by atoms with Gasteiger partial charge in [-0.15, -0.1) is 0 Å². The normalized spacial score (nSPS) is 14.1. The van der Waals surface area contributed by atoms with E-state index in [1.165, 1.54) is 12.1 Å². The number of anilines is 2. The molecule has 1 heterocycles. The number of nitrogens with one attached hydrogen (secondary N) is 1. The molecule has 0 unspecified atom stereocenters. The van der Waals surface area contributed by atoms with Crippen LogP contribution in [0.3, 0.4) is 0 Å². The van der Waals surface area contributed by atoms with E-state index in [0.717, 1.165) is 30.9 Å². The predicted octanol–water partition coefficient (Wildman–Crippen LogP) is 7.14. The van der Waals surface area contributed by atoms with Crippen molar-refractivity contribution in [2.24, 2.45) is 0 Å². The van der Waals surface area contributed by atoms with Crippen molar-refractivity contribution in [3.63, 3.8) is 0 Å².